The van der Waals surface area contributed by atoms with Crippen LogP contribution in [0, 0.1) is 0 Å². The Morgan fingerprint density at radius 2 is 1.96 bits per heavy atom. The predicted molar refractivity (Wildman–Crippen MR) is 95.0 cm³/mol. The van der Waals surface area contributed by atoms with Gasteiger partial charge in [0.15, 0.2) is 0 Å². The molecule has 0 unspecified atom stereocenters. The van der Waals surface area contributed by atoms with Gasteiger partial charge in [-0.15, -0.1) is 0 Å². The standard InChI is InChI=1S/C19H23N3O3/c1-11-14(17-22-19(3,4)10-25-17)16(13-6-8-20-9-7-13)15(12(2)21-11)18(23)24-5/h6-9,16,21H,10H2,1-5H3/t16-/m1/s1. The molecular weight excluding hydrogens is 318 g/mol. The second-order valence-corrected chi connectivity index (χ2v) is 6.93. The maximum atomic E-state index is 12.5. The molecule has 2 aliphatic heterocycles. The van der Waals surface area contributed by atoms with Crippen LogP contribution < -0.4 is 5.32 Å². The summed E-state index contributed by atoms with van der Waals surface area (Å²) in [5.41, 5.74) is 3.78. The topological polar surface area (TPSA) is 72.8 Å². The molecule has 3 rings (SSSR count). The number of rotatable bonds is 3. The van der Waals surface area contributed by atoms with Gasteiger partial charge in [-0.2, -0.15) is 0 Å². The highest BCUT2D eigenvalue weighted by atomic mass is 16.5. The quantitative estimate of drug-likeness (QED) is 0.856. The van der Waals surface area contributed by atoms with Crippen LogP contribution >= 0.6 is 0 Å². The third-order valence-electron chi connectivity index (χ3n) is 4.40. The van der Waals surface area contributed by atoms with E-state index in [0.29, 0.717) is 18.1 Å². The highest BCUT2D eigenvalue weighted by molar-refractivity contribution is 6.02. The van der Waals surface area contributed by atoms with Crippen molar-refractivity contribution in [1.29, 1.82) is 0 Å². The van der Waals surface area contributed by atoms with Gasteiger partial charge >= 0.3 is 5.97 Å². The van der Waals surface area contributed by atoms with Gasteiger partial charge in [0, 0.05) is 29.4 Å². The third kappa shape index (κ3) is 3.16. The first-order chi connectivity index (χ1) is 11.8. The van der Waals surface area contributed by atoms with E-state index in [4.69, 9.17) is 14.5 Å². The van der Waals surface area contributed by atoms with Gasteiger partial charge in [-0.25, -0.2) is 9.79 Å². The van der Waals surface area contributed by atoms with Crippen molar-refractivity contribution in [3.05, 3.63) is 52.6 Å². The zero-order valence-electron chi connectivity index (χ0n) is 15.2. The third-order valence-corrected chi connectivity index (χ3v) is 4.40. The Hall–Kier alpha value is -2.63. The number of methoxy groups -OCH3 is 1. The fourth-order valence-corrected chi connectivity index (χ4v) is 3.27. The number of nitrogens with one attached hydrogen (secondary N) is 1. The van der Waals surface area contributed by atoms with E-state index in [0.717, 1.165) is 22.5 Å². The molecule has 1 aromatic heterocycles. The Morgan fingerprint density at radius 1 is 1.28 bits per heavy atom. The number of nitrogens with zero attached hydrogens (tertiary/aromatic N) is 2. The summed E-state index contributed by atoms with van der Waals surface area (Å²) in [4.78, 5) is 21.3. The van der Waals surface area contributed by atoms with Crippen LogP contribution in [0.5, 0.6) is 0 Å². The van der Waals surface area contributed by atoms with Gasteiger partial charge in [0.2, 0.25) is 5.90 Å². The molecule has 6 nitrogen and oxygen atoms in total. The summed E-state index contributed by atoms with van der Waals surface area (Å²) >= 11 is 0. The molecular formula is C19H23N3O3. The van der Waals surface area contributed by atoms with Crippen molar-refractivity contribution >= 4 is 11.9 Å². The monoisotopic (exact) mass is 341 g/mol. The number of ether oxygens (including phenoxy) is 2. The minimum absolute atomic E-state index is 0.285. The van der Waals surface area contributed by atoms with Gasteiger partial charge in [0.25, 0.3) is 0 Å². The highest BCUT2D eigenvalue weighted by Gasteiger charge is 2.39. The lowest BCUT2D eigenvalue weighted by atomic mass is 9.80. The number of aromatic nitrogens is 1. The summed E-state index contributed by atoms with van der Waals surface area (Å²) in [5.74, 6) is -0.107. The molecule has 1 atom stereocenters. The van der Waals surface area contributed by atoms with Crippen LogP contribution in [0.2, 0.25) is 0 Å². The van der Waals surface area contributed by atoms with Crippen molar-refractivity contribution < 1.29 is 14.3 Å². The summed E-state index contributed by atoms with van der Waals surface area (Å²) in [6.07, 6.45) is 3.44. The summed E-state index contributed by atoms with van der Waals surface area (Å²) in [7, 11) is 1.39. The van der Waals surface area contributed by atoms with Crippen LogP contribution in [0.15, 0.2) is 52.1 Å². The van der Waals surface area contributed by atoms with Crippen molar-refractivity contribution in [2.75, 3.05) is 13.7 Å². The molecule has 0 saturated carbocycles. The Kier molecular flexibility index (Phi) is 4.37. The van der Waals surface area contributed by atoms with E-state index >= 15 is 0 Å². The average Bonchev–Trinajstić information content (AvgIpc) is 2.93. The SMILES string of the molecule is COC(=O)C1=C(C)NC(C)=C(C2=NC(C)(C)CO2)[C@H]1c1ccncc1. The first kappa shape index (κ1) is 17.2. The van der Waals surface area contributed by atoms with E-state index in [9.17, 15) is 4.79 Å². The van der Waals surface area contributed by atoms with E-state index in [2.05, 4.69) is 10.3 Å². The van der Waals surface area contributed by atoms with Crippen molar-refractivity contribution in [2.45, 2.75) is 39.2 Å². The number of hydrogen-bond acceptors (Lipinski definition) is 6. The van der Waals surface area contributed by atoms with E-state index in [1.807, 2.05) is 39.8 Å². The molecule has 1 N–H and O–H groups in total. The van der Waals surface area contributed by atoms with Gasteiger partial charge < -0.3 is 14.8 Å². The molecule has 2 aliphatic rings. The summed E-state index contributed by atoms with van der Waals surface area (Å²) < 4.78 is 10.9. The summed E-state index contributed by atoms with van der Waals surface area (Å²) in [5, 5.41) is 3.28. The molecule has 0 bridgehead atoms. The minimum atomic E-state index is -0.366. The zero-order valence-corrected chi connectivity index (χ0v) is 15.2. The number of carbonyl (C=O) groups excluding carboxylic acids is 1. The Morgan fingerprint density at radius 3 is 2.52 bits per heavy atom. The van der Waals surface area contributed by atoms with Crippen molar-refractivity contribution in [2.24, 2.45) is 4.99 Å². The fourth-order valence-electron chi connectivity index (χ4n) is 3.27. The first-order valence-corrected chi connectivity index (χ1v) is 8.24. The van der Waals surface area contributed by atoms with Crippen LogP contribution in [0.1, 0.15) is 39.2 Å². The molecule has 132 valence electrons. The largest absolute Gasteiger partial charge is 0.475 e. The molecule has 0 aliphatic carbocycles. The van der Waals surface area contributed by atoms with E-state index in [1.54, 1.807) is 12.4 Å². The van der Waals surface area contributed by atoms with Crippen LogP contribution in [-0.4, -0.2) is 36.1 Å². The smallest absolute Gasteiger partial charge is 0.336 e. The molecule has 0 radical (unpaired) electrons. The van der Waals surface area contributed by atoms with Gasteiger partial charge in [-0.05, 0) is 45.4 Å². The van der Waals surface area contributed by atoms with Crippen LogP contribution in [0.4, 0.5) is 0 Å². The number of aliphatic imine (C=N–C) groups is 1. The van der Waals surface area contributed by atoms with Crippen molar-refractivity contribution in [3.8, 4) is 0 Å². The van der Waals surface area contributed by atoms with Gasteiger partial charge in [0.1, 0.15) is 6.61 Å². The average molecular weight is 341 g/mol. The zero-order chi connectivity index (χ0) is 18.2. The lowest BCUT2D eigenvalue weighted by molar-refractivity contribution is -0.136. The van der Waals surface area contributed by atoms with Crippen LogP contribution in [0.3, 0.4) is 0 Å². The normalized spacial score (nSPS) is 22.3. The highest BCUT2D eigenvalue weighted by Crippen LogP contribution is 2.40. The molecule has 0 saturated heterocycles. The molecule has 0 aromatic carbocycles. The molecule has 1 aromatic rings. The number of allylic oxidation sites excluding steroid dienone is 2. The summed E-state index contributed by atoms with van der Waals surface area (Å²) in [6, 6.07) is 3.81. The molecule has 25 heavy (non-hydrogen) atoms. The van der Waals surface area contributed by atoms with E-state index in [-0.39, 0.29) is 17.4 Å². The summed E-state index contributed by atoms with van der Waals surface area (Å²) in [6.45, 7) is 8.41. The van der Waals surface area contributed by atoms with Gasteiger partial charge in [-0.3, -0.25) is 4.98 Å². The number of pyridine rings is 1. The van der Waals surface area contributed by atoms with Crippen LogP contribution in [-0.2, 0) is 14.3 Å². The number of esters is 1. The number of dihydropyridines is 1. The Labute approximate surface area is 147 Å². The number of hydrogen-bond donors (Lipinski definition) is 1. The van der Waals surface area contributed by atoms with Crippen molar-refractivity contribution in [3.63, 3.8) is 0 Å². The molecule has 6 heteroatoms. The van der Waals surface area contributed by atoms with Crippen molar-refractivity contribution in [1.82, 2.24) is 10.3 Å². The van der Waals surface area contributed by atoms with Gasteiger partial charge in [-0.1, -0.05) is 0 Å². The Bertz CT molecular complexity index is 791. The second kappa shape index (κ2) is 6.35. The maximum absolute atomic E-state index is 12.5. The first-order valence-electron chi connectivity index (χ1n) is 8.24. The Balaban J connectivity index is 2.18. The fraction of sp³-hybridized carbons (Fsp3) is 0.421. The molecule has 0 spiro atoms. The molecule has 3 heterocycles. The van der Waals surface area contributed by atoms with E-state index < -0.39 is 0 Å². The lowest BCUT2D eigenvalue weighted by Crippen LogP contribution is -2.31. The molecule has 0 fully saturated rings. The lowest BCUT2D eigenvalue weighted by Gasteiger charge is -2.30. The van der Waals surface area contributed by atoms with Gasteiger partial charge in [0.05, 0.1) is 24.1 Å². The predicted octanol–water partition coefficient (Wildman–Crippen LogP) is 2.70. The van der Waals surface area contributed by atoms with Crippen LogP contribution in [0.25, 0.3) is 0 Å². The minimum Gasteiger partial charge on any atom is -0.475 e. The number of carbonyl (C=O) groups is 1. The van der Waals surface area contributed by atoms with E-state index in [1.165, 1.54) is 7.11 Å². The molecule has 0 amide bonds. The maximum Gasteiger partial charge on any atom is 0.336 e. The second-order valence-electron chi connectivity index (χ2n) is 6.93.